The maximum atomic E-state index is 11.6. The summed E-state index contributed by atoms with van der Waals surface area (Å²) in [5.41, 5.74) is 9.64. The van der Waals surface area contributed by atoms with E-state index in [1.165, 1.54) is 104 Å². The van der Waals surface area contributed by atoms with E-state index in [9.17, 15) is 18.0 Å². The minimum Gasteiger partial charge on any atom is -0.504 e. The number of fused-ring (bicyclic) bond motifs is 2. The summed E-state index contributed by atoms with van der Waals surface area (Å²) in [7, 11) is 0. The standard InChI is InChI=1S/C35H40N.C7H9F3O2.Ir/c1-23-18-24(2)33-29(25-12-16-35(17-13-25)14-8-9-15-35)22-31(36-32(33)19-23)27-20-26-10-6-7-11-28(26)30(21-27)34(3,4)5;1-4(2)5(11)3-6(12)7(8,9)10;/h6-7,10-11,18-19,21-22,25H,8-9,12-17H2,1-5H3;3-4,12H,1-2H3;/q-1;;/b;6-3-;. The van der Waals surface area contributed by atoms with Gasteiger partial charge in [-0.3, -0.25) is 9.78 Å². The van der Waals surface area contributed by atoms with Crippen molar-refractivity contribution in [1.29, 1.82) is 0 Å². The number of benzene rings is 3. The van der Waals surface area contributed by atoms with Crippen LogP contribution >= 0.6 is 0 Å². The molecule has 3 nitrogen and oxygen atoms in total. The first kappa shape index (κ1) is 38.8. The number of ketones is 1. The molecule has 0 amide bonds. The number of carbonyl (C=O) groups is 1. The Morgan fingerprint density at radius 1 is 0.980 bits per heavy atom. The van der Waals surface area contributed by atoms with Crippen molar-refractivity contribution in [2.75, 3.05) is 0 Å². The molecule has 6 rings (SSSR count). The zero-order valence-electron chi connectivity index (χ0n) is 29.8. The number of halogens is 3. The summed E-state index contributed by atoms with van der Waals surface area (Å²) in [4.78, 5) is 16.0. The number of allylic oxidation sites excluding steroid dienone is 2. The van der Waals surface area contributed by atoms with Crippen LogP contribution in [0.4, 0.5) is 13.2 Å². The van der Waals surface area contributed by atoms with Crippen molar-refractivity contribution < 1.29 is 43.2 Å². The Bertz CT molecular complexity index is 1840. The molecule has 265 valence electrons. The van der Waals surface area contributed by atoms with E-state index >= 15 is 0 Å². The van der Waals surface area contributed by atoms with Crippen LogP contribution in [0.2, 0.25) is 0 Å². The minimum atomic E-state index is -4.83. The van der Waals surface area contributed by atoms with E-state index in [4.69, 9.17) is 10.1 Å². The van der Waals surface area contributed by atoms with Crippen molar-refractivity contribution in [3.05, 3.63) is 88.7 Å². The normalized spacial score (nSPS) is 16.9. The van der Waals surface area contributed by atoms with Gasteiger partial charge < -0.3 is 5.11 Å². The van der Waals surface area contributed by atoms with Crippen LogP contribution in [-0.4, -0.2) is 22.1 Å². The molecular formula is C42H49F3IrNO2-. The molecule has 1 aromatic heterocycles. The van der Waals surface area contributed by atoms with E-state index in [-0.39, 0.29) is 31.6 Å². The van der Waals surface area contributed by atoms with Gasteiger partial charge in [0.2, 0.25) is 5.76 Å². The number of aliphatic hydroxyl groups is 1. The van der Waals surface area contributed by atoms with E-state index in [0.717, 1.165) is 16.8 Å². The number of aryl methyl sites for hydroxylation is 2. The second-order valence-corrected chi connectivity index (χ2v) is 15.5. The van der Waals surface area contributed by atoms with Crippen molar-refractivity contribution in [2.45, 2.75) is 117 Å². The number of hydrogen-bond acceptors (Lipinski definition) is 3. The average Bonchev–Trinajstić information content (AvgIpc) is 3.47. The minimum absolute atomic E-state index is 0. The van der Waals surface area contributed by atoms with Crippen LogP contribution in [0.1, 0.15) is 114 Å². The third kappa shape index (κ3) is 8.83. The van der Waals surface area contributed by atoms with Crippen LogP contribution in [-0.2, 0) is 30.3 Å². The Labute approximate surface area is 303 Å². The Kier molecular flexibility index (Phi) is 11.9. The Balaban J connectivity index is 0.000000359. The fraction of sp³-hybridized carbons (Fsp3) is 0.476. The maximum absolute atomic E-state index is 11.6. The van der Waals surface area contributed by atoms with Gasteiger partial charge in [0.05, 0.1) is 5.52 Å². The molecule has 1 radical (unpaired) electrons. The number of aliphatic hydroxyl groups excluding tert-OH is 1. The molecule has 0 aliphatic heterocycles. The zero-order valence-corrected chi connectivity index (χ0v) is 32.2. The van der Waals surface area contributed by atoms with Crippen LogP contribution in [0.15, 0.2) is 60.4 Å². The van der Waals surface area contributed by atoms with Gasteiger partial charge in [-0.2, -0.15) is 13.2 Å². The molecule has 1 heterocycles. The molecule has 4 aromatic rings. The summed E-state index contributed by atoms with van der Waals surface area (Å²) < 4.78 is 34.8. The summed E-state index contributed by atoms with van der Waals surface area (Å²) in [6.07, 6.45) is 6.62. The van der Waals surface area contributed by atoms with E-state index in [2.05, 4.69) is 89.2 Å². The smallest absolute Gasteiger partial charge is 0.448 e. The molecule has 2 fully saturated rings. The van der Waals surface area contributed by atoms with E-state index in [1.807, 2.05) is 0 Å². The van der Waals surface area contributed by atoms with Gasteiger partial charge in [0, 0.05) is 43.2 Å². The Morgan fingerprint density at radius 2 is 1.61 bits per heavy atom. The van der Waals surface area contributed by atoms with Crippen LogP contribution in [0.5, 0.6) is 0 Å². The number of pyridine rings is 1. The molecule has 0 saturated heterocycles. The molecule has 3 aromatic carbocycles. The predicted octanol–water partition coefficient (Wildman–Crippen LogP) is 12.2. The number of hydrogen-bond donors (Lipinski definition) is 1. The number of nitrogens with zero attached hydrogens (tertiary/aromatic N) is 1. The topological polar surface area (TPSA) is 50.2 Å². The van der Waals surface area contributed by atoms with Gasteiger partial charge in [0.25, 0.3) is 0 Å². The van der Waals surface area contributed by atoms with E-state index < -0.39 is 23.6 Å². The first-order chi connectivity index (χ1) is 22.5. The van der Waals surface area contributed by atoms with Crippen molar-refractivity contribution >= 4 is 27.5 Å². The van der Waals surface area contributed by atoms with Gasteiger partial charge in [-0.15, -0.1) is 29.1 Å². The molecule has 49 heavy (non-hydrogen) atoms. The third-order valence-corrected chi connectivity index (χ3v) is 10.4. The monoisotopic (exact) mass is 849 g/mol. The summed E-state index contributed by atoms with van der Waals surface area (Å²) in [5, 5.41) is 12.2. The molecule has 0 unspecified atom stereocenters. The summed E-state index contributed by atoms with van der Waals surface area (Å²) >= 11 is 0. The SMILES string of the molecule is CC(C)C(=O)/C=C(\O)C(F)(F)F.Cc1cc(C)c2c(C3CCC4(CCCC4)CC3)cc(-c3[c-]c4ccccc4c(C(C)(C)C)c3)nc2c1.[Ir]. The molecule has 2 aliphatic carbocycles. The largest absolute Gasteiger partial charge is 0.504 e. The number of alkyl halides is 3. The molecule has 2 saturated carbocycles. The van der Waals surface area contributed by atoms with Gasteiger partial charge in [0.1, 0.15) is 0 Å². The Morgan fingerprint density at radius 3 is 2.20 bits per heavy atom. The van der Waals surface area contributed by atoms with E-state index in [0.29, 0.717) is 11.3 Å². The second-order valence-electron chi connectivity index (χ2n) is 15.5. The van der Waals surface area contributed by atoms with Crippen molar-refractivity contribution in [2.24, 2.45) is 11.3 Å². The molecule has 7 heteroatoms. The molecule has 0 atom stereocenters. The number of rotatable bonds is 4. The summed E-state index contributed by atoms with van der Waals surface area (Å²) in [5.74, 6) is -2.51. The summed E-state index contributed by atoms with van der Waals surface area (Å²) in [6, 6.07) is 21.9. The quantitative estimate of drug-likeness (QED) is 0.126. The fourth-order valence-corrected chi connectivity index (χ4v) is 7.79. The summed E-state index contributed by atoms with van der Waals surface area (Å²) in [6.45, 7) is 14.3. The fourth-order valence-electron chi connectivity index (χ4n) is 7.79. The van der Waals surface area contributed by atoms with Gasteiger partial charge in [-0.25, -0.2) is 0 Å². The van der Waals surface area contributed by atoms with Crippen LogP contribution in [0, 0.1) is 31.2 Å². The molecular weight excluding hydrogens is 800 g/mol. The van der Waals surface area contributed by atoms with Gasteiger partial charge in [-0.05, 0) is 91.9 Å². The number of carbonyl (C=O) groups excluding carboxylic acids is 1. The first-order valence-corrected chi connectivity index (χ1v) is 17.4. The van der Waals surface area contributed by atoms with Crippen LogP contribution in [0.3, 0.4) is 0 Å². The molecule has 0 bridgehead atoms. The van der Waals surface area contributed by atoms with Crippen molar-refractivity contribution in [1.82, 2.24) is 4.98 Å². The third-order valence-electron chi connectivity index (χ3n) is 10.4. The predicted molar refractivity (Wildman–Crippen MR) is 190 cm³/mol. The average molecular weight is 849 g/mol. The molecule has 1 spiro atoms. The van der Waals surface area contributed by atoms with Gasteiger partial charge >= 0.3 is 6.18 Å². The van der Waals surface area contributed by atoms with Crippen LogP contribution in [0.25, 0.3) is 32.9 Å². The molecule has 2 aliphatic rings. The first-order valence-electron chi connectivity index (χ1n) is 17.4. The Hall–Kier alpha value is -3.02. The van der Waals surface area contributed by atoms with Crippen LogP contribution < -0.4 is 0 Å². The van der Waals surface area contributed by atoms with Gasteiger partial charge in [-0.1, -0.05) is 88.7 Å². The van der Waals surface area contributed by atoms with Crippen molar-refractivity contribution in [3.8, 4) is 11.3 Å². The van der Waals surface area contributed by atoms with Crippen molar-refractivity contribution in [3.63, 3.8) is 0 Å². The number of aromatic nitrogens is 1. The van der Waals surface area contributed by atoms with Gasteiger partial charge in [0.15, 0.2) is 5.78 Å². The molecule has 1 N–H and O–H groups in total. The zero-order chi connectivity index (χ0) is 35.0. The van der Waals surface area contributed by atoms with E-state index in [1.54, 1.807) is 0 Å². The second kappa shape index (κ2) is 15.1. The maximum Gasteiger partial charge on any atom is 0.448 e.